The Bertz CT molecular complexity index is 835. The van der Waals surface area contributed by atoms with Gasteiger partial charge in [0.05, 0.1) is 29.1 Å². The first-order chi connectivity index (χ1) is 12.8. The van der Waals surface area contributed by atoms with E-state index in [2.05, 4.69) is 49.4 Å². The molecular formula is C19H21N5OS. The number of aromatic nitrogens is 2. The minimum Gasteiger partial charge on any atom is -0.379 e. The van der Waals surface area contributed by atoms with Crippen molar-refractivity contribution >= 4 is 34.7 Å². The maximum absolute atomic E-state index is 11.1. The van der Waals surface area contributed by atoms with Crippen LogP contribution >= 0.6 is 11.3 Å². The molecule has 26 heavy (non-hydrogen) atoms. The highest BCUT2D eigenvalue weighted by molar-refractivity contribution is 7.12. The molecule has 0 unspecified atom stereocenters. The van der Waals surface area contributed by atoms with E-state index in [0.717, 1.165) is 61.0 Å². The number of piperazine rings is 1. The van der Waals surface area contributed by atoms with E-state index in [0.29, 0.717) is 0 Å². The Labute approximate surface area is 156 Å². The van der Waals surface area contributed by atoms with Gasteiger partial charge in [-0.25, -0.2) is 4.98 Å². The van der Waals surface area contributed by atoms with E-state index in [1.807, 2.05) is 17.6 Å². The Morgan fingerprint density at radius 1 is 1.12 bits per heavy atom. The maximum atomic E-state index is 11.1. The Morgan fingerprint density at radius 2 is 1.88 bits per heavy atom. The summed E-state index contributed by atoms with van der Waals surface area (Å²) >= 11 is 1.51. The molecule has 2 N–H and O–H groups in total. The van der Waals surface area contributed by atoms with Crippen molar-refractivity contribution in [2.75, 3.05) is 41.3 Å². The number of aldehydes is 1. The minimum atomic E-state index is 0.734. The van der Waals surface area contributed by atoms with Crippen molar-refractivity contribution < 1.29 is 4.79 Å². The second-order valence-corrected chi connectivity index (χ2v) is 7.19. The minimum absolute atomic E-state index is 0.734. The lowest BCUT2D eigenvalue weighted by Crippen LogP contribution is -2.46. The summed E-state index contributed by atoms with van der Waals surface area (Å²) in [5.41, 5.74) is 4.46. The van der Waals surface area contributed by atoms with Crippen molar-refractivity contribution in [1.29, 1.82) is 0 Å². The summed E-state index contributed by atoms with van der Waals surface area (Å²) in [7, 11) is 0. The summed E-state index contributed by atoms with van der Waals surface area (Å²) < 4.78 is 0. The van der Waals surface area contributed by atoms with Gasteiger partial charge in [0.2, 0.25) is 0 Å². The summed E-state index contributed by atoms with van der Waals surface area (Å²) in [6, 6.07) is 10.6. The molecule has 2 aromatic heterocycles. The topological polar surface area (TPSA) is 64.3 Å². The van der Waals surface area contributed by atoms with Crippen LogP contribution in [0.4, 0.5) is 17.1 Å². The molecule has 0 saturated carbocycles. The molecule has 0 atom stereocenters. The Balaban J connectivity index is 1.33. The number of carbonyl (C=O) groups excluding carboxylic acids is 1. The highest BCUT2D eigenvalue weighted by Crippen LogP contribution is 2.27. The molecule has 1 aromatic carbocycles. The summed E-state index contributed by atoms with van der Waals surface area (Å²) in [5, 5.41) is 5.37. The van der Waals surface area contributed by atoms with Crippen LogP contribution in [0.25, 0.3) is 0 Å². The maximum Gasteiger partial charge on any atom is 0.162 e. The molecular weight excluding hydrogens is 346 g/mol. The number of thiophene rings is 1. The third-order valence-electron chi connectivity index (χ3n) is 4.67. The number of carbonyl (C=O) groups is 1. The number of nitrogens with zero attached hydrogens (tertiary/aromatic N) is 3. The third kappa shape index (κ3) is 3.57. The van der Waals surface area contributed by atoms with Crippen molar-refractivity contribution in [3.05, 3.63) is 58.8 Å². The quantitative estimate of drug-likeness (QED) is 0.655. The Kier molecular flexibility index (Phi) is 4.88. The zero-order valence-electron chi connectivity index (χ0n) is 14.4. The van der Waals surface area contributed by atoms with E-state index < -0.39 is 0 Å². The molecule has 0 aliphatic carbocycles. The molecule has 1 aliphatic rings. The largest absolute Gasteiger partial charge is 0.379 e. The number of benzene rings is 1. The number of H-pyrrole nitrogens is 1. The predicted octanol–water partition coefficient (Wildman–Crippen LogP) is 3.22. The SMILES string of the molecule is O=Cc1sccc1N1CCN(c2ccc(NCc3cnc[nH]3)cc2)CC1. The lowest BCUT2D eigenvalue weighted by molar-refractivity contribution is 0.112. The Morgan fingerprint density at radius 3 is 2.58 bits per heavy atom. The van der Waals surface area contributed by atoms with E-state index in [1.165, 1.54) is 17.0 Å². The molecule has 1 fully saturated rings. The van der Waals surface area contributed by atoms with Gasteiger partial charge in [-0.3, -0.25) is 4.79 Å². The molecule has 0 bridgehead atoms. The normalized spacial score (nSPS) is 14.5. The second-order valence-electron chi connectivity index (χ2n) is 6.24. The van der Waals surface area contributed by atoms with Crippen LogP contribution in [0.1, 0.15) is 15.4 Å². The van der Waals surface area contributed by atoms with Crippen molar-refractivity contribution in [2.45, 2.75) is 6.54 Å². The monoisotopic (exact) mass is 367 g/mol. The molecule has 0 radical (unpaired) electrons. The van der Waals surface area contributed by atoms with E-state index in [9.17, 15) is 4.79 Å². The molecule has 0 spiro atoms. The summed E-state index contributed by atoms with van der Waals surface area (Å²) in [5.74, 6) is 0. The number of hydrogen-bond acceptors (Lipinski definition) is 6. The van der Waals surface area contributed by atoms with Gasteiger partial charge in [0.25, 0.3) is 0 Å². The van der Waals surface area contributed by atoms with Crippen LogP contribution in [0.5, 0.6) is 0 Å². The van der Waals surface area contributed by atoms with Gasteiger partial charge in [-0.05, 0) is 35.7 Å². The first kappa shape index (κ1) is 16.7. The van der Waals surface area contributed by atoms with Gasteiger partial charge in [0.1, 0.15) is 0 Å². The van der Waals surface area contributed by atoms with Crippen LogP contribution in [-0.2, 0) is 6.54 Å². The summed E-state index contributed by atoms with van der Waals surface area (Å²) in [4.78, 5) is 23.8. The number of aromatic amines is 1. The predicted molar refractivity (Wildman–Crippen MR) is 106 cm³/mol. The molecule has 1 saturated heterocycles. The van der Waals surface area contributed by atoms with Crippen LogP contribution in [-0.4, -0.2) is 42.4 Å². The number of hydrogen-bond donors (Lipinski definition) is 2. The molecule has 134 valence electrons. The van der Waals surface area contributed by atoms with Crippen molar-refractivity contribution in [3.63, 3.8) is 0 Å². The number of rotatable bonds is 6. The van der Waals surface area contributed by atoms with E-state index in [1.54, 1.807) is 6.33 Å². The fourth-order valence-electron chi connectivity index (χ4n) is 3.24. The second kappa shape index (κ2) is 7.61. The van der Waals surface area contributed by atoms with Gasteiger partial charge in [-0.15, -0.1) is 11.3 Å². The lowest BCUT2D eigenvalue weighted by Gasteiger charge is -2.37. The van der Waals surface area contributed by atoms with E-state index in [-0.39, 0.29) is 0 Å². The molecule has 6 nitrogen and oxygen atoms in total. The van der Waals surface area contributed by atoms with Crippen LogP contribution in [0, 0.1) is 0 Å². The van der Waals surface area contributed by atoms with Crippen molar-refractivity contribution in [1.82, 2.24) is 9.97 Å². The molecule has 0 amide bonds. The van der Waals surface area contributed by atoms with Crippen LogP contribution in [0.2, 0.25) is 0 Å². The highest BCUT2D eigenvalue weighted by Gasteiger charge is 2.20. The molecule has 3 aromatic rings. The number of anilines is 3. The fourth-order valence-corrected chi connectivity index (χ4v) is 3.95. The van der Waals surface area contributed by atoms with Crippen LogP contribution in [0.3, 0.4) is 0 Å². The third-order valence-corrected chi connectivity index (χ3v) is 5.50. The van der Waals surface area contributed by atoms with E-state index >= 15 is 0 Å². The standard InChI is InChI=1S/C19H21N5OS/c25-13-19-18(5-10-26-19)24-8-6-23(7-9-24)17-3-1-15(2-4-17)21-12-16-11-20-14-22-16/h1-5,10-11,13-14,21H,6-9,12H2,(H,20,22). The fraction of sp³-hybridized carbons (Fsp3) is 0.263. The molecule has 1 aliphatic heterocycles. The first-order valence-electron chi connectivity index (χ1n) is 8.67. The van der Waals surface area contributed by atoms with Gasteiger partial charge in [0, 0.05) is 43.8 Å². The lowest BCUT2D eigenvalue weighted by atomic mass is 10.2. The molecule has 3 heterocycles. The van der Waals surface area contributed by atoms with Crippen LogP contribution in [0.15, 0.2) is 48.2 Å². The number of imidazole rings is 1. The summed E-state index contributed by atoms with van der Waals surface area (Å²) in [6.07, 6.45) is 4.47. The van der Waals surface area contributed by atoms with Gasteiger partial charge >= 0.3 is 0 Å². The average Bonchev–Trinajstić information content (AvgIpc) is 3.38. The zero-order valence-corrected chi connectivity index (χ0v) is 15.2. The van der Waals surface area contributed by atoms with Gasteiger partial charge in [-0.1, -0.05) is 0 Å². The Hall–Kier alpha value is -2.80. The first-order valence-corrected chi connectivity index (χ1v) is 9.55. The molecule has 7 heteroatoms. The van der Waals surface area contributed by atoms with Crippen LogP contribution < -0.4 is 15.1 Å². The molecule has 4 rings (SSSR count). The van der Waals surface area contributed by atoms with Gasteiger partial charge < -0.3 is 20.1 Å². The average molecular weight is 367 g/mol. The van der Waals surface area contributed by atoms with Crippen molar-refractivity contribution in [2.24, 2.45) is 0 Å². The van der Waals surface area contributed by atoms with Gasteiger partial charge in [0.15, 0.2) is 6.29 Å². The van der Waals surface area contributed by atoms with Crippen molar-refractivity contribution in [3.8, 4) is 0 Å². The van der Waals surface area contributed by atoms with Gasteiger partial charge in [-0.2, -0.15) is 0 Å². The van der Waals surface area contributed by atoms with E-state index in [4.69, 9.17) is 0 Å². The zero-order chi connectivity index (χ0) is 17.8. The highest BCUT2D eigenvalue weighted by atomic mass is 32.1. The number of nitrogens with one attached hydrogen (secondary N) is 2. The summed E-state index contributed by atoms with van der Waals surface area (Å²) in [6.45, 7) is 4.50. The smallest absolute Gasteiger partial charge is 0.162 e.